The lowest BCUT2D eigenvalue weighted by atomic mass is 9.98. The molecule has 0 spiro atoms. The topological polar surface area (TPSA) is 29.1 Å². The van der Waals surface area contributed by atoms with E-state index < -0.39 is 0 Å². The van der Waals surface area contributed by atoms with Crippen LogP contribution in [-0.4, -0.2) is 12.5 Å². The number of amides is 1. The molecule has 0 bridgehead atoms. The van der Waals surface area contributed by atoms with E-state index in [0.29, 0.717) is 6.54 Å². The van der Waals surface area contributed by atoms with Crippen LogP contribution < -0.4 is 5.32 Å². The lowest BCUT2D eigenvalue weighted by molar-refractivity contribution is -0.118. The summed E-state index contributed by atoms with van der Waals surface area (Å²) in [6, 6.07) is 0. The van der Waals surface area contributed by atoms with Crippen molar-refractivity contribution in [3.05, 3.63) is 0 Å². The van der Waals surface area contributed by atoms with Crippen molar-refractivity contribution in [1.29, 1.82) is 0 Å². The third-order valence-electron chi connectivity index (χ3n) is 0.889. The van der Waals surface area contributed by atoms with Crippen LogP contribution in [0.15, 0.2) is 0 Å². The van der Waals surface area contributed by atoms with Gasteiger partial charge < -0.3 is 5.32 Å². The number of rotatable bonds is 1. The summed E-state index contributed by atoms with van der Waals surface area (Å²) < 4.78 is 0. The number of hydrogen-bond donors (Lipinski definition) is 1. The van der Waals surface area contributed by atoms with Gasteiger partial charge in [-0.1, -0.05) is 11.8 Å². The van der Waals surface area contributed by atoms with Gasteiger partial charge in [-0.05, 0) is 20.8 Å². The molecular weight excluding hydrogens is 138 g/mol. The number of carbonyl (C=O) groups is 1. The maximum atomic E-state index is 10.4. The Balaban J connectivity index is 3.66. The van der Waals surface area contributed by atoms with E-state index in [-0.39, 0.29) is 11.3 Å². The van der Waals surface area contributed by atoms with Crippen molar-refractivity contribution >= 4 is 5.91 Å². The smallest absolute Gasteiger partial charge is 0.217 e. The van der Waals surface area contributed by atoms with Crippen molar-refractivity contribution in [2.75, 3.05) is 6.54 Å². The maximum Gasteiger partial charge on any atom is 0.217 e. The normalized spacial score (nSPS) is 9.82. The summed E-state index contributed by atoms with van der Waals surface area (Å²) in [7, 11) is 0. The molecule has 0 aliphatic rings. The van der Waals surface area contributed by atoms with Crippen LogP contribution in [0.5, 0.6) is 0 Å². The van der Waals surface area contributed by atoms with Gasteiger partial charge in [-0.2, -0.15) is 0 Å². The minimum absolute atomic E-state index is 0.0263. The van der Waals surface area contributed by atoms with Crippen molar-refractivity contribution in [2.45, 2.75) is 27.7 Å². The largest absolute Gasteiger partial charge is 0.345 e. The van der Waals surface area contributed by atoms with Crippen LogP contribution in [0.2, 0.25) is 0 Å². The average Bonchev–Trinajstić information content (AvgIpc) is 1.78. The molecular formula is C9H15NO. The lowest BCUT2D eigenvalue weighted by Gasteiger charge is -2.06. The maximum absolute atomic E-state index is 10.4. The first-order valence-electron chi connectivity index (χ1n) is 3.66. The van der Waals surface area contributed by atoms with E-state index in [2.05, 4.69) is 17.2 Å². The fourth-order valence-corrected chi connectivity index (χ4v) is 0.478. The molecule has 1 N–H and O–H groups in total. The highest BCUT2D eigenvalue weighted by Gasteiger charge is 2.02. The second-order valence-electron chi connectivity index (χ2n) is 3.46. The number of carbonyl (C=O) groups excluding carboxylic acids is 1. The second kappa shape index (κ2) is 4.02. The average molecular weight is 153 g/mol. The monoisotopic (exact) mass is 153 g/mol. The zero-order valence-electron chi connectivity index (χ0n) is 7.62. The van der Waals surface area contributed by atoms with Crippen molar-refractivity contribution < 1.29 is 4.79 Å². The fourth-order valence-electron chi connectivity index (χ4n) is 0.478. The van der Waals surface area contributed by atoms with Gasteiger partial charge in [0.2, 0.25) is 5.91 Å². The Morgan fingerprint density at radius 2 is 2.00 bits per heavy atom. The van der Waals surface area contributed by atoms with Gasteiger partial charge >= 0.3 is 0 Å². The Morgan fingerprint density at radius 1 is 1.45 bits per heavy atom. The van der Waals surface area contributed by atoms with Crippen LogP contribution in [0.1, 0.15) is 27.7 Å². The Hall–Kier alpha value is -0.970. The van der Waals surface area contributed by atoms with Gasteiger partial charge in [-0.15, -0.1) is 0 Å². The third-order valence-corrected chi connectivity index (χ3v) is 0.889. The van der Waals surface area contributed by atoms with Crippen molar-refractivity contribution in [2.24, 2.45) is 5.41 Å². The third kappa shape index (κ3) is 9.03. The van der Waals surface area contributed by atoms with E-state index in [1.165, 1.54) is 6.92 Å². The lowest BCUT2D eigenvalue weighted by Crippen LogP contribution is -2.19. The van der Waals surface area contributed by atoms with Gasteiger partial charge in [0.05, 0.1) is 6.54 Å². The molecule has 0 atom stereocenters. The predicted molar refractivity (Wildman–Crippen MR) is 45.9 cm³/mol. The van der Waals surface area contributed by atoms with Crippen LogP contribution in [0.3, 0.4) is 0 Å². The highest BCUT2D eigenvalue weighted by Crippen LogP contribution is 2.09. The Bertz CT molecular complexity index is 190. The van der Waals surface area contributed by atoms with Gasteiger partial charge in [-0.3, -0.25) is 4.79 Å². The first-order chi connectivity index (χ1) is 4.92. The van der Waals surface area contributed by atoms with Gasteiger partial charge in [0, 0.05) is 12.3 Å². The van der Waals surface area contributed by atoms with Gasteiger partial charge in [0.1, 0.15) is 0 Å². The molecule has 0 radical (unpaired) electrons. The van der Waals surface area contributed by atoms with Crippen molar-refractivity contribution in [3.63, 3.8) is 0 Å². The summed E-state index contributed by atoms with van der Waals surface area (Å²) in [6.07, 6.45) is 0. The molecule has 0 saturated heterocycles. The van der Waals surface area contributed by atoms with E-state index in [4.69, 9.17) is 0 Å². The molecule has 0 saturated carbocycles. The number of hydrogen-bond acceptors (Lipinski definition) is 1. The Morgan fingerprint density at radius 3 is 2.36 bits per heavy atom. The molecule has 2 nitrogen and oxygen atoms in total. The van der Waals surface area contributed by atoms with Gasteiger partial charge in [-0.25, -0.2) is 0 Å². The molecule has 0 aromatic heterocycles. The highest BCUT2D eigenvalue weighted by atomic mass is 16.1. The molecule has 11 heavy (non-hydrogen) atoms. The molecule has 0 aromatic rings. The van der Waals surface area contributed by atoms with Gasteiger partial charge in [0.25, 0.3) is 0 Å². The molecule has 0 heterocycles. The van der Waals surface area contributed by atoms with Crippen molar-refractivity contribution in [3.8, 4) is 11.8 Å². The highest BCUT2D eigenvalue weighted by molar-refractivity contribution is 5.73. The minimum atomic E-state index is -0.0341. The van der Waals surface area contributed by atoms with Crippen LogP contribution in [-0.2, 0) is 4.79 Å². The Kier molecular flexibility index (Phi) is 3.67. The zero-order valence-corrected chi connectivity index (χ0v) is 7.62. The molecule has 2 heteroatoms. The standard InChI is InChI=1S/C9H15NO/c1-8(11)10-7-5-6-9(2,3)4/h7H2,1-4H3,(H,10,11). The molecule has 0 aliphatic carbocycles. The minimum Gasteiger partial charge on any atom is -0.345 e. The number of nitrogens with one attached hydrogen (secondary N) is 1. The molecule has 0 rings (SSSR count). The van der Waals surface area contributed by atoms with Crippen molar-refractivity contribution in [1.82, 2.24) is 5.32 Å². The van der Waals surface area contributed by atoms with E-state index in [1.54, 1.807) is 0 Å². The summed E-state index contributed by atoms with van der Waals surface area (Å²) in [5.74, 6) is 5.85. The van der Waals surface area contributed by atoms with E-state index in [0.717, 1.165) is 0 Å². The molecule has 1 amide bonds. The van der Waals surface area contributed by atoms with E-state index >= 15 is 0 Å². The summed E-state index contributed by atoms with van der Waals surface area (Å²) in [6.45, 7) is 8.04. The van der Waals surface area contributed by atoms with Gasteiger partial charge in [0.15, 0.2) is 0 Å². The predicted octanol–water partition coefficient (Wildman–Crippen LogP) is 1.17. The fraction of sp³-hybridized carbons (Fsp3) is 0.667. The summed E-state index contributed by atoms with van der Waals surface area (Å²) in [5, 5.41) is 2.61. The van der Waals surface area contributed by atoms with E-state index in [1.807, 2.05) is 20.8 Å². The first-order valence-corrected chi connectivity index (χ1v) is 3.66. The van der Waals surface area contributed by atoms with Crippen LogP contribution >= 0.6 is 0 Å². The summed E-state index contributed by atoms with van der Waals surface area (Å²) >= 11 is 0. The Labute approximate surface area is 68.4 Å². The zero-order chi connectivity index (χ0) is 8.91. The molecule has 0 fully saturated rings. The molecule has 62 valence electrons. The van der Waals surface area contributed by atoms with E-state index in [9.17, 15) is 4.79 Å². The molecule has 0 aromatic carbocycles. The first kappa shape index (κ1) is 10.0. The SMILES string of the molecule is CC(=O)NCC#CC(C)(C)C. The van der Waals surface area contributed by atoms with Crippen LogP contribution in [0.4, 0.5) is 0 Å². The van der Waals surface area contributed by atoms with Crippen LogP contribution in [0, 0.1) is 17.3 Å². The van der Waals surface area contributed by atoms with Crippen LogP contribution in [0.25, 0.3) is 0 Å². The quantitative estimate of drug-likeness (QED) is 0.563. The summed E-state index contributed by atoms with van der Waals surface area (Å²) in [4.78, 5) is 10.4. The summed E-state index contributed by atoms with van der Waals surface area (Å²) in [5.41, 5.74) is 0.0263. The molecule has 0 unspecified atom stereocenters. The second-order valence-corrected chi connectivity index (χ2v) is 3.46. The molecule has 0 aliphatic heterocycles.